The molecule has 2 atom stereocenters. The van der Waals surface area contributed by atoms with Crippen molar-refractivity contribution in [2.24, 2.45) is 0 Å². The molecule has 0 aromatic carbocycles. The second-order valence-electron chi connectivity index (χ2n) is 7.48. The molecule has 29 heavy (non-hydrogen) atoms. The molecule has 2 N–H and O–H groups in total. The van der Waals surface area contributed by atoms with Gasteiger partial charge in [-0.3, -0.25) is 9.89 Å². The molecular formula is C20H25ClN6O2. The molecule has 1 amide bonds. The van der Waals surface area contributed by atoms with E-state index in [1.165, 1.54) is 0 Å². The molecule has 9 heteroatoms. The average molecular weight is 417 g/mol. The van der Waals surface area contributed by atoms with E-state index in [2.05, 4.69) is 20.5 Å². The van der Waals surface area contributed by atoms with E-state index >= 15 is 0 Å². The minimum absolute atomic E-state index is 0.00529. The summed E-state index contributed by atoms with van der Waals surface area (Å²) < 4.78 is 7.66. The van der Waals surface area contributed by atoms with Gasteiger partial charge in [-0.2, -0.15) is 5.10 Å². The van der Waals surface area contributed by atoms with Crippen LogP contribution in [0.15, 0.2) is 30.7 Å². The summed E-state index contributed by atoms with van der Waals surface area (Å²) in [6, 6.07) is 3.62. The number of aromatic amines is 1. The van der Waals surface area contributed by atoms with Gasteiger partial charge in [0.25, 0.3) is 5.91 Å². The first-order valence-corrected chi connectivity index (χ1v) is 10.2. The summed E-state index contributed by atoms with van der Waals surface area (Å²) in [5, 5.41) is 10.8. The van der Waals surface area contributed by atoms with E-state index in [4.69, 9.17) is 16.3 Å². The summed E-state index contributed by atoms with van der Waals surface area (Å²) in [5.41, 5.74) is 3.11. The number of carbonyl (C=O) groups is 1. The second kappa shape index (κ2) is 8.52. The number of H-pyrrole nitrogens is 1. The lowest BCUT2D eigenvalue weighted by molar-refractivity contribution is -0.0587. The van der Waals surface area contributed by atoms with Crippen molar-refractivity contribution < 1.29 is 9.53 Å². The minimum Gasteiger partial charge on any atom is -0.372 e. The molecule has 0 spiro atoms. The number of fused-ring (bicyclic) bond motifs is 1. The Morgan fingerprint density at radius 2 is 2.14 bits per heavy atom. The van der Waals surface area contributed by atoms with Crippen molar-refractivity contribution in [3.05, 3.63) is 52.7 Å². The van der Waals surface area contributed by atoms with Crippen LogP contribution in [0, 0.1) is 0 Å². The zero-order chi connectivity index (χ0) is 20.4. The van der Waals surface area contributed by atoms with Gasteiger partial charge >= 0.3 is 0 Å². The number of halogens is 1. The summed E-state index contributed by atoms with van der Waals surface area (Å²) in [5.74, 6) is -0.0709. The van der Waals surface area contributed by atoms with Crippen LogP contribution >= 0.6 is 11.6 Å². The first-order chi connectivity index (χ1) is 14.0. The van der Waals surface area contributed by atoms with Gasteiger partial charge in [0.2, 0.25) is 0 Å². The third-order valence-electron chi connectivity index (χ3n) is 5.03. The maximum atomic E-state index is 13.3. The Bertz CT molecular complexity index is 976. The molecule has 4 heterocycles. The lowest BCUT2D eigenvalue weighted by Gasteiger charge is -2.35. The number of amides is 1. The summed E-state index contributed by atoms with van der Waals surface area (Å²) in [6.45, 7) is 6.36. The molecule has 1 fully saturated rings. The maximum Gasteiger partial charge on any atom is 0.274 e. The van der Waals surface area contributed by atoms with Crippen LogP contribution in [0.1, 0.15) is 35.6 Å². The van der Waals surface area contributed by atoms with Crippen LogP contribution in [-0.4, -0.2) is 62.2 Å². The second-order valence-corrected chi connectivity index (χ2v) is 7.92. The van der Waals surface area contributed by atoms with Crippen molar-refractivity contribution in [2.75, 3.05) is 19.6 Å². The van der Waals surface area contributed by atoms with E-state index in [0.717, 1.165) is 24.2 Å². The lowest BCUT2D eigenvalue weighted by Crippen LogP contribution is -2.48. The number of nitrogens with one attached hydrogen (secondary N) is 2. The monoisotopic (exact) mass is 416 g/mol. The maximum absolute atomic E-state index is 13.3. The summed E-state index contributed by atoms with van der Waals surface area (Å²) >= 11 is 6.20. The molecule has 3 aromatic rings. The molecule has 8 nitrogen and oxygen atoms in total. The normalized spacial score (nSPS) is 19.8. The highest BCUT2D eigenvalue weighted by Crippen LogP contribution is 2.20. The van der Waals surface area contributed by atoms with E-state index in [0.29, 0.717) is 36.0 Å². The molecule has 0 radical (unpaired) electrons. The molecular weight excluding hydrogens is 392 g/mol. The number of nitrogens with zero attached hydrogens (tertiary/aromatic N) is 4. The third kappa shape index (κ3) is 4.44. The number of rotatable bonds is 6. The number of ether oxygens (including phenoxy) is 1. The fourth-order valence-electron chi connectivity index (χ4n) is 3.75. The highest BCUT2D eigenvalue weighted by Gasteiger charge is 2.30. The predicted molar refractivity (Wildman–Crippen MR) is 110 cm³/mol. The number of imidazole rings is 1. The number of carbonyl (C=O) groups excluding carboxylic acids is 1. The third-order valence-corrected chi connectivity index (χ3v) is 5.25. The quantitative estimate of drug-likeness (QED) is 0.602. The largest absolute Gasteiger partial charge is 0.372 e. The predicted octanol–water partition coefficient (Wildman–Crippen LogP) is 2.29. The Kier molecular flexibility index (Phi) is 5.84. The van der Waals surface area contributed by atoms with Crippen LogP contribution < -0.4 is 5.32 Å². The van der Waals surface area contributed by atoms with Gasteiger partial charge in [-0.1, -0.05) is 11.6 Å². The topological polar surface area (TPSA) is 87.5 Å². The molecule has 1 saturated heterocycles. The summed E-state index contributed by atoms with van der Waals surface area (Å²) in [7, 11) is 0. The fourth-order valence-corrected chi connectivity index (χ4v) is 3.92. The SMILES string of the molecule is C[C@@H]1CN(C(=O)c2nc3ccc(Cl)cn3c2CNCCc2cn[nH]c2)C[C@H](C)O1. The first kappa shape index (κ1) is 19.9. The number of morpholine rings is 1. The van der Waals surface area contributed by atoms with Gasteiger partial charge in [-0.15, -0.1) is 0 Å². The van der Waals surface area contributed by atoms with E-state index in [1.54, 1.807) is 12.3 Å². The van der Waals surface area contributed by atoms with Gasteiger partial charge < -0.3 is 19.4 Å². The van der Waals surface area contributed by atoms with Crippen molar-refractivity contribution in [2.45, 2.75) is 39.0 Å². The summed E-state index contributed by atoms with van der Waals surface area (Å²) in [6.07, 6.45) is 6.35. The minimum atomic E-state index is -0.0709. The Labute approximate surface area is 174 Å². The Hall–Kier alpha value is -2.42. The standard InChI is InChI=1S/C20H25ClN6O2/c1-13-10-26(11-14(2)29-13)20(28)19-17(9-22-6-5-15-7-23-24-8-15)27-12-16(21)3-4-18(27)25-19/h3-4,7-8,12-14,22H,5-6,9-11H2,1-2H3,(H,23,24)/t13-,14+. The van der Waals surface area contributed by atoms with E-state index < -0.39 is 0 Å². The molecule has 3 aromatic heterocycles. The highest BCUT2D eigenvalue weighted by atomic mass is 35.5. The van der Waals surface area contributed by atoms with Gasteiger partial charge in [-0.05, 0) is 44.5 Å². The average Bonchev–Trinajstić information content (AvgIpc) is 3.31. The van der Waals surface area contributed by atoms with E-state index in [9.17, 15) is 4.79 Å². The number of hydrogen-bond acceptors (Lipinski definition) is 5. The smallest absolute Gasteiger partial charge is 0.274 e. The van der Waals surface area contributed by atoms with Crippen molar-refractivity contribution in [3.8, 4) is 0 Å². The Balaban J connectivity index is 1.57. The van der Waals surface area contributed by atoms with Crippen molar-refractivity contribution in [3.63, 3.8) is 0 Å². The van der Waals surface area contributed by atoms with Gasteiger partial charge in [0.1, 0.15) is 5.65 Å². The van der Waals surface area contributed by atoms with Crippen LogP contribution in [0.3, 0.4) is 0 Å². The molecule has 0 aliphatic carbocycles. The molecule has 154 valence electrons. The number of pyridine rings is 1. The van der Waals surface area contributed by atoms with Crippen molar-refractivity contribution in [1.82, 2.24) is 29.8 Å². The van der Waals surface area contributed by atoms with Gasteiger partial charge in [0.15, 0.2) is 5.69 Å². The first-order valence-electron chi connectivity index (χ1n) is 9.81. The molecule has 1 aliphatic rings. The van der Waals surface area contributed by atoms with E-state index in [1.807, 2.05) is 41.6 Å². The van der Waals surface area contributed by atoms with Crippen LogP contribution in [0.4, 0.5) is 0 Å². The fraction of sp³-hybridized carbons (Fsp3) is 0.450. The van der Waals surface area contributed by atoms with Crippen LogP contribution in [0.2, 0.25) is 5.02 Å². The highest BCUT2D eigenvalue weighted by molar-refractivity contribution is 6.30. The molecule has 0 saturated carbocycles. The van der Waals surface area contributed by atoms with Gasteiger partial charge in [0.05, 0.1) is 29.1 Å². The number of hydrogen-bond donors (Lipinski definition) is 2. The molecule has 4 rings (SSSR count). The number of aromatic nitrogens is 4. The Morgan fingerprint density at radius 3 is 2.86 bits per heavy atom. The van der Waals surface area contributed by atoms with Crippen LogP contribution in [0.5, 0.6) is 0 Å². The van der Waals surface area contributed by atoms with Crippen molar-refractivity contribution >= 4 is 23.2 Å². The zero-order valence-electron chi connectivity index (χ0n) is 16.6. The van der Waals surface area contributed by atoms with E-state index in [-0.39, 0.29) is 18.1 Å². The summed E-state index contributed by atoms with van der Waals surface area (Å²) in [4.78, 5) is 19.8. The molecule has 0 bridgehead atoms. The lowest BCUT2D eigenvalue weighted by atomic mass is 10.2. The van der Waals surface area contributed by atoms with Gasteiger partial charge in [0, 0.05) is 32.0 Å². The van der Waals surface area contributed by atoms with Crippen LogP contribution in [0.25, 0.3) is 5.65 Å². The van der Waals surface area contributed by atoms with Gasteiger partial charge in [-0.25, -0.2) is 4.98 Å². The van der Waals surface area contributed by atoms with Crippen LogP contribution in [-0.2, 0) is 17.7 Å². The zero-order valence-corrected chi connectivity index (χ0v) is 17.3. The van der Waals surface area contributed by atoms with Crippen molar-refractivity contribution in [1.29, 1.82) is 0 Å². The Morgan fingerprint density at radius 1 is 1.34 bits per heavy atom. The molecule has 1 aliphatic heterocycles. The molecule has 0 unspecified atom stereocenters.